The molecule has 0 aromatic heterocycles. The lowest BCUT2D eigenvalue weighted by Crippen LogP contribution is -2.58. The van der Waals surface area contributed by atoms with Crippen LogP contribution in [-0.2, 0) is 11.2 Å². The molecule has 1 atom stereocenters. The maximum Gasteiger partial charge on any atom is 0.241 e. The molecule has 1 N–H and O–H groups in total. The first-order valence-electron chi connectivity index (χ1n) is 6.97. The van der Waals surface area contributed by atoms with Crippen LogP contribution < -0.4 is 10.2 Å². The number of para-hydroxylation sites is 1. The van der Waals surface area contributed by atoms with Crippen molar-refractivity contribution in [3.8, 4) is 0 Å². The molecular weight excluding hydrogens is 238 g/mol. The maximum absolute atomic E-state index is 12.5. The number of fused-ring (bicyclic) bond motifs is 1. The topological polar surface area (TPSA) is 35.6 Å². The highest BCUT2D eigenvalue weighted by atomic mass is 16.2. The van der Waals surface area contributed by atoms with E-state index in [0.29, 0.717) is 12.6 Å². The normalized spacial score (nSPS) is 22.5. The molecule has 1 fully saturated rings. The first kappa shape index (κ1) is 12.6. The molecule has 19 heavy (non-hydrogen) atoms. The van der Waals surface area contributed by atoms with E-state index in [1.54, 1.807) is 0 Å². The number of nitrogens with one attached hydrogen (secondary N) is 1. The fourth-order valence-electron chi connectivity index (χ4n) is 2.95. The van der Waals surface area contributed by atoms with Crippen molar-refractivity contribution < 1.29 is 4.79 Å². The molecule has 2 heterocycles. The Morgan fingerprint density at radius 3 is 2.84 bits per heavy atom. The Balaban J connectivity index is 1.72. The molecule has 0 bridgehead atoms. The molecule has 3 rings (SSSR count). The van der Waals surface area contributed by atoms with Gasteiger partial charge in [-0.1, -0.05) is 18.2 Å². The minimum atomic E-state index is 0.215. The summed E-state index contributed by atoms with van der Waals surface area (Å²) in [5.41, 5.74) is 2.39. The van der Waals surface area contributed by atoms with Crippen molar-refractivity contribution in [2.75, 3.05) is 31.6 Å². The first-order valence-corrected chi connectivity index (χ1v) is 6.97. The number of benzene rings is 1. The minimum Gasteiger partial charge on any atom is -0.314 e. The predicted molar refractivity (Wildman–Crippen MR) is 76.4 cm³/mol. The first-order chi connectivity index (χ1) is 9.16. The van der Waals surface area contributed by atoms with Crippen LogP contribution in [0.3, 0.4) is 0 Å². The van der Waals surface area contributed by atoms with Crippen molar-refractivity contribution in [1.29, 1.82) is 0 Å². The second kappa shape index (κ2) is 4.94. The summed E-state index contributed by atoms with van der Waals surface area (Å²) in [5.74, 6) is 0.215. The van der Waals surface area contributed by atoms with E-state index in [-0.39, 0.29) is 11.9 Å². The van der Waals surface area contributed by atoms with E-state index in [2.05, 4.69) is 29.3 Å². The van der Waals surface area contributed by atoms with Gasteiger partial charge in [-0.15, -0.1) is 0 Å². The van der Waals surface area contributed by atoms with Gasteiger partial charge >= 0.3 is 0 Å². The highest BCUT2D eigenvalue weighted by Crippen LogP contribution is 2.31. The van der Waals surface area contributed by atoms with Crippen LogP contribution in [0.25, 0.3) is 0 Å². The number of rotatable bonds is 3. The number of anilines is 1. The highest BCUT2D eigenvalue weighted by molar-refractivity contribution is 5.97. The van der Waals surface area contributed by atoms with Crippen LogP contribution in [0.4, 0.5) is 5.69 Å². The summed E-state index contributed by atoms with van der Waals surface area (Å²) < 4.78 is 0. The van der Waals surface area contributed by atoms with Crippen LogP contribution in [0.1, 0.15) is 12.5 Å². The number of carbonyl (C=O) groups excluding carboxylic acids is 1. The van der Waals surface area contributed by atoms with Gasteiger partial charge in [-0.3, -0.25) is 9.69 Å². The Kier molecular flexibility index (Phi) is 3.29. The summed E-state index contributed by atoms with van der Waals surface area (Å²) in [4.78, 5) is 16.7. The third kappa shape index (κ3) is 2.26. The van der Waals surface area contributed by atoms with Crippen LogP contribution in [-0.4, -0.2) is 49.6 Å². The van der Waals surface area contributed by atoms with Gasteiger partial charge in [-0.25, -0.2) is 0 Å². The molecule has 2 aliphatic heterocycles. The van der Waals surface area contributed by atoms with Crippen molar-refractivity contribution >= 4 is 11.6 Å². The molecule has 4 nitrogen and oxygen atoms in total. The summed E-state index contributed by atoms with van der Waals surface area (Å²) in [7, 11) is 2.04. The fourth-order valence-corrected chi connectivity index (χ4v) is 2.95. The van der Waals surface area contributed by atoms with E-state index in [1.165, 1.54) is 5.56 Å². The molecule has 2 aliphatic rings. The Morgan fingerprint density at radius 2 is 2.16 bits per heavy atom. The Morgan fingerprint density at radius 1 is 1.42 bits per heavy atom. The smallest absolute Gasteiger partial charge is 0.241 e. The van der Waals surface area contributed by atoms with Crippen molar-refractivity contribution in [1.82, 2.24) is 10.2 Å². The van der Waals surface area contributed by atoms with Gasteiger partial charge in [-0.2, -0.15) is 0 Å². The quantitative estimate of drug-likeness (QED) is 0.875. The Labute approximate surface area is 114 Å². The summed E-state index contributed by atoms with van der Waals surface area (Å²) in [6.45, 7) is 4.62. The molecule has 0 saturated carbocycles. The minimum absolute atomic E-state index is 0.215. The van der Waals surface area contributed by atoms with Crippen molar-refractivity contribution in [3.05, 3.63) is 29.8 Å². The van der Waals surface area contributed by atoms with E-state index >= 15 is 0 Å². The maximum atomic E-state index is 12.5. The fraction of sp³-hybridized carbons (Fsp3) is 0.533. The van der Waals surface area contributed by atoms with Crippen LogP contribution in [0.5, 0.6) is 0 Å². The highest BCUT2D eigenvalue weighted by Gasteiger charge is 2.32. The standard InChI is InChI=1S/C15H21N3O/c1-11-7-12-5-3-4-6-14(12)18(11)15(19)10-17(2)13-8-16-9-13/h3-6,11,13,16H,7-10H2,1-2H3. The molecule has 1 aromatic rings. The molecular formula is C15H21N3O. The lowest BCUT2D eigenvalue weighted by molar-refractivity contribution is -0.120. The predicted octanol–water partition coefficient (Wildman–Crippen LogP) is 0.868. The Hall–Kier alpha value is -1.39. The van der Waals surface area contributed by atoms with Crippen molar-refractivity contribution in [2.24, 2.45) is 0 Å². The van der Waals surface area contributed by atoms with Gasteiger partial charge in [0, 0.05) is 30.9 Å². The van der Waals surface area contributed by atoms with Gasteiger partial charge in [0.15, 0.2) is 0 Å². The zero-order valence-electron chi connectivity index (χ0n) is 11.6. The third-order valence-electron chi connectivity index (χ3n) is 4.24. The van der Waals surface area contributed by atoms with E-state index in [4.69, 9.17) is 0 Å². The third-order valence-corrected chi connectivity index (χ3v) is 4.24. The molecule has 4 heteroatoms. The number of nitrogens with zero attached hydrogens (tertiary/aromatic N) is 2. The van der Waals surface area contributed by atoms with Crippen LogP contribution in [0.15, 0.2) is 24.3 Å². The Bertz CT molecular complexity index is 484. The monoisotopic (exact) mass is 259 g/mol. The zero-order chi connectivity index (χ0) is 13.4. The van der Waals surface area contributed by atoms with Gasteiger partial charge in [0.2, 0.25) is 5.91 Å². The molecule has 1 amide bonds. The average molecular weight is 259 g/mol. The molecule has 102 valence electrons. The second-order valence-electron chi connectivity index (χ2n) is 5.67. The summed E-state index contributed by atoms with van der Waals surface area (Å²) in [5, 5.41) is 3.24. The molecule has 1 aromatic carbocycles. The van der Waals surface area contributed by atoms with E-state index < -0.39 is 0 Å². The van der Waals surface area contributed by atoms with Gasteiger partial charge in [0.1, 0.15) is 0 Å². The zero-order valence-corrected chi connectivity index (χ0v) is 11.6. The molecule has 1 saturated heterocycles. The number of hydrogen-bond donors (Lipinski definition) is 1. The largest absolute Gasteiger partial charge is 0.314 e. The van der Waals surface area contributed by atoms with E-state index in [9.17, 15) is 4.79 Å². The molecule has 0 spiro atoms. The summed E-state index contributed by atoms with van der Waals surface area (Å²) >= 11 is 0. The van der Waals surface area contributed by atoms with Crippen LogP contribution in [0, 0.1) is 0 Å². The summed E-state index contributed by atoms with van der Waals surface area (Å²) in [6, 6.07) is 9.03. The number of hydrogen-bond acceptors (Lipinski definition) is 3. The lowest BCUT2D eigenvalue weighted by Gasteiger charge is -2.36. The summed E-state index contributed by atoms with van der Waals surface area (Å²) in [6.07, 6.45) is 0.969. The van der Waals surface area contributed by atoms with E-state index in [1.807, 2.05) is 24.1 Å². The van der Waals surface area contributed by atoms with Crippen LogP contribution >= 0.6 is 0 Å². The molecule has 1 unspecified atom stereocenters. The number of likely N-dealkylation sites (N-methyl/N-ethyl adjacent to an activating group) is 1. The van der Waals surface area contributed by atoms with Crippen molar-refractivity contribution in [3.63, 3.8) is 0 Å². The molecule has 0 aliphatic carbocycles. The van der Waals surface area contributed by atoms with Crippen molar-refractivity contribution in [2.45, 2.75) is 25.4 Å². The van der Waals surface area contributed by atoms with Gasteiger partial charge in [-0.05, 0) is 32.0 Å². The van der Waals surface area contributed by atoms with Gasteiger partial charge < -0.3 is 10.2 Å². The van der Waals surface area contributed by atoms with Gasteiger partial charge in [0.25, 0.3) is 0 Å². The number of carbonyl (C=O) groups is 1. The average Bonchev–Trinajstić information content (AvgIpc) is 2.62. The second-order valence-corrected chi connectivity index (χ2v) is 5.67. The lowest BCUT2D eigenvalue weighted by atomic mass is 10.1. The van der Waals surface area contributed by atoms with E-state index in [0.717, 1.165) is 25.2 Å². The molecule has 0 radical (unpaired) electrons. The number of amides is 1. The van der Waals surface area contributed by atoms with Gasteiger partial charge in [0.05, 0.1) is 6.54 Å². The van der Waals surface area contributed by atoms with Crippen LogP contribution in [0.2, 0.25) is 0 Å². The SMILES string of the molecule is CC1Cc2ccccc2N1C(=O)CN(C)C1CNC1.